The van der Waals surface area contributed by atoms with Gasteiger partial charge in [0.25, 0.3) is 0 Å². The molecule has 16 heteroatoms. The van der Waals surface area contributed by atoms with E-state index in [9.17, 15) is 24.3 Å². The highest BCUT2D eigenvalue weighted by molar-refractivity contribution is 5.87. The van der Waals surface area contributed by atoms with E-state index in [0.29, 0.717) is 66.5 Å². The van der Waals surface area contributed by atoms with Gasteiger partial charge in [-0.25, -0.2) is 28.3 Å². The topological polar surface area (TPSA) is 177 Å². The van der Waals surface area contributed by atoms with Gasteiger partial charge in [0.1, 0.15) is 35.4 Å². The van der Waals surface area contributed by atoms with Crippen molar-refractivity contribution in [3.05, 3.63) is 72.1 Å². The van der Waals surface area contributed by atoms with Crippen LogP contribution in [0, 0.1) is 23.5 Å². The SMILES string of the molecule is COC(=O)N[C@H](C(=O)N1CCC[C@H]1c1ncc(-c2ccc(-c3ccc(-c4cnc([C@@H]5CCCN5C(=O)[C@H](C(C)C)N(C)C(=O)O)[nH]4)c(F)c3)cc2F)[nH]1)C(C)C. The number of carboxylic acid groups (broad SMARTS) is 1. The predicted octanol–water partition coefficient (Wildman–Crippen LogP) is 6.75. The molecule has 0 bridgehead atoms. The molecule has 2 aliphatic heterocycles. The van der Waals surface area contributed by atoms with Gasteiger partial charge in [0.15, 0.2) is 0 Å². The molecule has 4 N–H and O–H groups in total. The number of halogens is 2. The van der Waals surface area contributed by atoms with Crippen LogP contribution in [0.15, 0.2) is 48.8 Å². The first-order valence-corrected chi connectivity index (χ1v) is 18.8. The van der Waals surface area contributed by atoms with E-state index in [1.807, 2.05) is 13.8 Å². The summed E-state index contributed by atoms with van der Waals surface area (Å²) in [5, 5.41) is 12.2. The van der Waals surface area contributed by atoms with E-state index in [2.05, 4.69) is 25.3 Å². The molecule has 0 aliphatic carbocycles. The molecule has 2 saturated heterocycles. The molecule has 2 fully saturated rings. The lowest BCUT2D eigenvalue weighted by Crippen LogP contribution is -2.51. The highest BCUT2D eigenvalue weighted by Crippen LogP contribution is 2.36. The van der Waals surface area contributed by atoms with Gasteiger partial charge >= 0.3 is 12.2 Å². The maximum absolute atomic E-state index is 15.7. The highest BCUT2D eigenvalue weighted by atomic mass is 19.1. The number of carbonyl (C=O) groups is 4. The summed E-state index contributed by atoms with van der Waals surface area (Å²) in [7, 11) is 2.63. The molecule has 0 radical (unpaired) electrons. The van der Waals surface area contributed by atoms with E-state index in [1.54, 1.807) is 47.9 Å². The first kappa shape index (κ1) is 39.9. The van der Waals surface area contributed by atoms with Gasteiger partial charge in [-0.05, 0) is 72.9 Å². The molecule has 6 rings (SSSR count). The third kappa shape index (κ3) is 7.95. The van der Waals surface area contributed by atoms with Crippen molar-refractivity contribution in [2.75, 3.05) is 27.2 Å². The lowest BCUT2D eigenvalue weighted by molar-refractivity contribution is -0.138. The molecule has 14 nitrogen and oxygen atoms in total. The number of nitrogens with one attached hydrogen (secondary N) is 3. The Morgan fingerprint density at radius 2 is 1.30 bits per heavy atom. The normalized spacial score (nSPS) is 18.0. The van der Waals surface area contributed by atoms with Crippen LogP contribution in [0.3, 0.4) is 0 Å². The number of methoxy groups -OCH3 is 1. The number of likely N-dealkylation sites (tertiary alicyclic amines) is 2. The number of aromatic amines is 2. The van der Waals surface area contributed by atoms with Gasteiger partial charge in [-0.15, -0.1) is 0 Å². The molecule has 4 amide bonds. The largest absolute Gasteiger partial charge is 0.465 e. The Bertz CT molecular complexity index is 2100. The van der Waals surface area contributed by atoms with E-state index < -0.39 is 41.9 Å². The minimum Gasteiger partial charge on any atom is -0.465 e. The Labute approximate surface area is 323 Å². The average molecular weight is 775 g/mol. The number of imidazole rings is 2. The molecule has 0 saturated carbocycles. The van der Waals surface area contributed by atoms with E-state index in [0.717, 1.165) is 11.3 Å². The summed E-state index contributed by atoms with van der Waals surface area (Å²) in [5.74, 6) is -1.09. The summed E-state index contributed by atoms with van der Waals surface area (Å²) >= 11 is 0. The fraction of sp³-hybridized carbons (Fsp3) is 0.450. The first-order chi connectivity index (χ1) is 26.7. The predicted molar refractivity (Wildman–Crippen MR) is 203 cm³/mol. The quantitative estimate of drug-likeness (QED) is 0.129. The van der Waals surface area contributed by atoms with Crippen LogP contribution in [0.4, 0.5) is 18.4 Å². The second-order valence-electron chi connectivity index (χ2n) is 15.1. The van der Waals surface area contributed by atoms with Gasteiger partial charge in [-0.1, -0.05) is 39.8 Å². The number of ether oxygens (including phenoxy) is 1. The summed E-state index contributed by atoms with van der Waals surface area (Å²) in [6, 6.07) is 6.77. The number of carbonyl (C=O) groups excluding carboxylic acids is 3. The van der Waals surface area contributed by atoms with Crippen LogP contribution in [0.1, 0.15) is 77.1 Å². The van der Waals surface area contributed by atoms with Crippen molar-refractivity contribution >= 4 is 24.0 Å². The van der Waals surface area contributed by atoms with Crippen molar-refractivity contribution in [1.82, 2.24) is 40.0 Å². The average Bonchev–Trinajstić information content (AvgIpc) is 4.00. The van der Waals surface area contributed by atoms with E-state index >= 15 is 8.78 Å². The number of hydrogen-bond donors (Lipinski definition) is 4. The monoisotopic (exact) mass is 774 g/mol. The molecule has 4 heterocycles. The number of benzene rings is 2. The maximum atomic E-state index is 15.7. The van der Waals surface area contributed by atoms with E-state index in [1.165, 1.54) is 38.7 Å². The van der Waals surface area contributed by atoms with Crippen LogP contribution in [-0.2, 0) is 14.3 Å². The number of hydrogen-bond acceptors (Lipinski definition) is 7. The number of H-pyrrole nitrogens is 2. The molecular weight excluding hydrogens is 726 g/mol. The zero-order chi connectivity index (χ0) is 40.4. The van der Waals surface area contributed by atoms with Gasteiger partial charge in [-0.2, -0.15) is 0 Å². The molecule has 56 heavy (non-hydrogen) atoms. The van der Waals surface area contributed by atoms with Crippen LogP contribution in [0.2, 0.25) is 0 Å². The number of amides is 4. The molecular formula is C40H48F2N8O6. The van der Waals surface area contributed by atoms with E-state index in [4.69, 9.17) is 4.74 Å². The van der Waals surface area contributed by atoms with Crippen LogP contribution in [-0.4, -0.2) is 103 Å². The molecule has 298 valence electrons. The molecule has 0 spiro atoms. The molecule has 2 aliphatic rings. The highest BCUT2D eigenvalue weighted by Gasteiger charge is 2.40. The summed E-state index contributed by atoms with van der Waals surface area (Å²) in [5.41, 5.74) is 2.24. The Kier molecular flexibility index (Phi) is 11.8. The molecule has 2 aromatic carbocycles. The number of aromatic nitrogens is 4. The van der Waals surface area contributed by atoms with Crippen LogP contribution < -0.4 is 5.32 Å². The zero-order valence-electron chi connectivity index (χ0n) is 32.3. The minimum atomic E-state index is -1.19. The van der Waals surface area contributed by atoms with Crippen LogP contribution in [0.5, 0.6) is 0 Å². The lowest BCUT2D eigenvalue weighted by Gasteiger charge is -2.33. The van der Waals surface area contributed by atoms with Gasteiger partial charge < -0.3 is 34.9 Å². The Morgan fingerprint density at radius 1 is 0.821 bits per heavy atom. The van der Waals surface area contributed by atoms with Gasteiger partial charge in [-0.3, -0.25) is 14.5 Å². The summed E-state index contributed by atoms with van der Waals surface area (Å²) in [6.07, 6.45) is 3.87. The third-order valence-corrected chi connectivity index (χ3v) is 10.7. The van der Waals surface area contributed by atoms with Crippen molar-refractivity contribution < 1.29 is 37.8 Å². The number of nitrogens with zero attached hydrogens (tertiary/aromatic N) is 5. The second-order valence-corrected chi connectivity index (χ2v) is 15.1. The van der Waals surface area contributed by atoms with Crippen LogP contribution >= 0.6 is 0 Å². The number of alkyl carbamates (subject to hydrolysis) is 1. The zero-order valence-corrected chi connectivity index (χ0v) is 32.3. The fourth-order valence-corrected chi connectivity index (χ4v) is 7.81. The molecule has 4 atom stereocenters. The molecule has 0 unspecified atom stereocenters. The van der Waals surface area contributed by atoms with Gasteiger partial charge in [0.2, 0.25) is 11.8 Å². The summed E-state index contributed by atoms with van der Waals surface area (Å²) in [4.78, 5) is 70.4. The number of rotatable bonds is 11. The van der Waals surface area contributed by atoms with E-state index in [-0.39, 0.29) is 40.8 Å². The Morgan fingerprint density at radius 3 is 1.71 bits per heavy atom. The van der Waals surface area contributed by atoms with Crippen molar-refractivity contribution in [2.45, 2.75) is 77.5 Å². The minimum absolute atomic E-state index is 0.183. The van der Waals surface area contributed by atoms with Crippen LogP contribution in [0.25, 0.3) is 33.6 Å². The standard InChI is InChI=1S/C40H48F2N8O6/c1-21(2)33(47-39(53)56-6)37(51)49-15-7-9-31(49)35-43-19-29(45-35)25-13-11-23(17-27(25)41)24-12-14-26(28(42)18-24)30-20-44-36(46-30)32-10-8-16-50(32)38(52)34(22(3)4)48(5)40(54)55/h11-14,17-22,31-34H,7-10,15-16H2,1-6H3,(H,43,45)(H,44,46)(H,47,53)(H,54,55)/t31-,32-,33-,34-/m0/s1. The van der Waals surface area contributed by atoms with Crippen molar-refractivity contribution in [2.24, 2.45) is 11.8 Å². The third-order valence-electron chi connectivity index (χ3n) is 10.7. The Balaban J connectivity index is 1.16. The Hall–Kier alpha value is -5.80. The number of likely N-dealkylation sites (N-methyl/N-ethyl adjacent to an activating group) is 1. The van der Waals surface area contributed by atoms with Crippen molar-refractivity contribution in [1.29, 1.82) is 0 Å². The van der Waals surface area contributed by atoms with Crippen molar-refractivity contribution in [3.8, 4) is 33.6 Å². The fourth-order valence-electron chi connectivity index (χ4n) is 7.81. The van der Waals surface area contributed by atoms with Crippen molar-refractivity contribution in [3.63, 3.8) is 0 Å². The molecule has 4 aromatic rings. The summed E-state index contributed by atoms with van der Waals surface area (Å²) < 4.78 is 36.1. The molecule has 2 aromatic heterocycles. The second kappa shape index (κ2) is 16.5. The first-order valence-electron chi connectivity index (χ1n) is 18.8. The maximum Gasteiger partial charge on any atom is 0.407 e. The van der Waals surface area contributed by atoms with Gasteiger partial charge in [0.05, 0.1) is 43.0 Å². The lowest BCUT2D eigenvalue weighted by atomic mass is 10.00. The smallest absolute Gasteiger partial charge is 0.407 e. The summed E-state index contributed by atoms with van der Waals surface area (Å²) in [6.45, 7) is 8.22. The van der Waals surface area contributed by atoms with Gasteiger partial charge in [0, 0.05) is 31.3 Å².